The molecule has 0 spiro atoms. The molecule has 112 valence electrons. The minimum Gasteiger partial charge on any atom is -0.492 e. The van der Waals surface area contributed by atoms with Crippen LogP contribution in [0.15, 0.2) is 21.1 Å². The first-order chi connectivity index (χ1) is 9.48. The third kappa shape index (κ3) is 3.40. The highest BCUT2D eigenvalue weighted by molar-refractivity contribution is 9.11. The normalized spacial score (nSPS) is 22.5. The summed E-state index contributed by atoms with van der Waals surface area (Å²) in [4.78, 5) is 0. The quantitative estimate of drug-likeness (QED) is 0.750. The van der Waals surface area contributed by atoms with Crippen molar-refractivity contribution in [1.82, 2.24) is 5.32 Å². The van der Waals surface area contributed by atoms with Crippen molar-refractivity contribution in [2.75, 3.05) is 13.2 Å². The second-order valence-corrected chi connectivity index (χ2v) is 7.55. The molecule has 1 heterocycles. The summed E-state index contributed by atoms with van der Waals surface area (Å²) < 4.78 is 7.71. The number of ether oxygens (including phenoxy) is 1. The van der Waals surface area contributed by atoms with Crippen molar-refractivity contribution in [1.29, 1.82) is 0 Å². The summed E-state index contributed by atoms with van der Waals surface area (Å²) in [5.41, 5.74) is 1.58. The lowest BCUT2D eigenvalue weighted by Gasteiger charge is -2.34. The average Bonchev–Trinajstić information content (AvgIpc) is 2.84. The van der Waals surface area contributed by atoms with Crippen LogP contribution in [0.3, 0.4) is 0 Å². The Balaban J connectivity index is 2.25. The van der Waals surface area contributed by atoms with Gasteiger partial charge in [-0.2, -0.15) is 0 Å². The number of halogens is 2. The predicted molar refractivity (Wildman–Crippen MR) is 91.5 cm³/mol. The van der Waals surface area contributed by atoms with Crippen molar-refractivity contribution >= 4 is 31.9 Å². The van der Waals surface area contributed by atoms with Gasteiger partial charge < -0.3 is 10.1 Å². The lowest BCUT2D eigenvalue weighted by Crippen LogP contribution is -2.46. The highest BCUT2D eigenvalue weighted by Crippen LogP contribution is 2.38. The third-order valence-corrected chi connectivity index (χ3v) is 5.43. The molecule has 0 aliphatic carbocycles. The predicted octanol–water partition coefficient (Wildman–Crippen LogP) is 4.93. The maximum atomic E-state index is 5.66. The van der Waals surface area contributed by atoms with Gasteiger partial charge in [-0.1, -0.05) is 13.8 Å². The van der Waals surface area contributed by atoms with Crippen molar-refractivity contribution in [2.45, 2.75) is 45.6 Å². The first kappa shape index (κ1) is 16.3. The monoisotopic (exact) mass is 403 g/mol. The van der Waals surface area contributed by atoms with E-state index in [0.29, 0.717) is 12.5 Å². The molecule has 1 saturated heterocycles. The van der Waals surface area contributed by atoms with Crippen molar-refractivity contribution in [3.8, 4) is 5.75 Å². The molecule has 1 aromatic carbocycles. The van der Waals surface area contributed by atoms with Crippen LogP contribution >= 0.6 is 31.9 Å². The van der Waals surface area contributed by atoms with Crippen molar-refractivity contribution in [2.24, 2.45) is 5.92 Å². The number of hydrogen-bond donors (Lipinski definition) is 1. The van der Waals surface area contributed by atoms with Gasteiger partial charge in [0, 0.05) is 5.54 Å². The molecule has 1 aliphatic rings. The van der Waals surface area contributed by atoms with Crippen LogP contribution in [0.2, 0.25) is 0 Å². The summed E-state index contributed by atoms with van der Waals surface area (Å²) in [6.07, 6.45) is 3.60. The number of nitrogens with one attached hydrogen (secondary N) is 1. The van der Waals surface area contributed by atoms with Gasteiger partial charge in [0.1, 0.15) is 5.75 Å². The molecule has 1 atom stereocenters. The van der Waals surface area contributed by atoms with Gasteiger partial charge in [-0.15, -0.1) is 0 Å². The summed E-state index contributed by atoms with van der Waals surface area (Å²) in [6.45, 7) is 8.45. The molecule has 0 radical (unpaired) electrons. The summed E-state index contributed by atoms with van der Waals surface area (Å²) in [5, 5.41) is 3.73. The largest absolute Gasteiger partial charge is 0.492 e. The Hall–Kier alpha value is -0.0600. The van der Waals surface area contributed by atoms with E-state index in [0.717, 1.165) is 27.7 Å². The highest BCUT2D eigenvalue weighted by Gasteiger charge is 2.36. The minimum atomic E-state index is 0.242. The molecule has 2 nitrogen and oxygen atoms in total. The van der Waals surface area contributed by atoms with Crippen LogP contribution in [0.4, 0.5) is 0 Å². The lowest BCUT2D eigenvalue weighted by molar-refractivity contribution is 0.269. The Bertz CT molecular complexity index is 445. The molecular formula is C16H23Br2NO. The third-order valence-electron chi connectivity index (χ3n) is 4.25. The molecule has 1 N–H and O–H groups in total. The van der Waals surface area contributed by atoms with Crippen LogP contribution in [0.5, 0.6) is 5.75 Å². The van der Waals surface area contributed by atoms with E-state index < -0.39 is 0 Å². The van der Waals surface area contributed by atoms with Gasteiger partial charge in [-0.05, 0) is 88.2 Å². The lowest BCUT2D eigenvalue weighted by atomic mass is 9.80. The molecule has 1 aliphatic heterocycles. The fraction of sp³-hybridized carbons (Fsp3) is 0.625. The van der Waals surface area contributed by atoms with Gasteiger partial charge in [0.2, 0.25) is 0 Å². The maximum absolute atomic E-state index is 5.66. The second-order valence-electron chi connectivity index (χ2n) is 5.84. The van der Waals surface area contributed by atoms with E-state index in [-0.39, 0.29) is 5.54 Å². The van der Waals surface area contributed by atoms with Crippen LogP contribution in [-0.2, 0) is 6.42 Å². The van der Waals surface area contributed by atoms with Crippen LogP contribution in [0, 0.1) is 5.92 Å². The van der Waals surface area contributed by atoms with Crippen molar-refractivity contribution < 1.29 is 4.74 Å². The van der Waals surface area contributed by atoms with Crippen molar-refractivity contribution in [3.05, 3.63) is 26.6 Å². The zero-order chi connectivity index (χ0) is 14.8. The number of benzene rings is 1. The van der Waals surface area contributed by atoms with Crippen LogP contribution in [0.25, 0.3) is 0 Å². The maximum Gasteiger partial charge on any atom is 0.147 e. The van der Waals surface area contributed by atoms with Crippen LogP contribution in [0.1, 0.15) is 39.2 Å². The molecule has 0 bridgehead atoms. The van der Waals surface area contributed by atoms with E-state index in [1.54, 1.807) is 0 Å². The van der Waals surface area contributed by atoms with Gasteiger partial charge in [0.05, 0.1) is 15.6 Å². The van der Waals surface area contributed by atoms with Gasteiger partial charge in [0.15, 0.2) is 0 Å². The summed E-state index contributed by atoms with van der Waals surface area (Å²) >= 11 is 7.26. The minimum absolute atomic E-state index is 0.242. The average molecular weight is 405 g/mol. The van der Waals surface area contributed by atoms with Gasteiger partial charge in [-0.25, -0.2) is 0 Å². The molecule has 2 rings (SSSR count). The van der Waals surface area contributed by atoms with E-state index in [2.05, 4.69) is 63.2 Å². The Kier molecular flexibility index (Phi) is 5.55. The molecular weight excluding hydrogens is 382 g/mol. The standard InChI is InChI=1S/C16H23Br2NO/c1-4-20-15-13(17)8-12(9-14(15)18)10-16(11(2)3)6-5-7-19-16/h8-9,11,19H,4-7,10H2,1-3H3. The van der Waals surface area contributed by atoms with Crippen LogP contribution in [-0.4, -0.2) is 18.7 Å². The fourth-order valence-corrected chi connectivity index (χ4v) is 4.55. The zero-order valence-electron chi connectivity index (χ0n) is 12.4. The van der Waals surface area contributed by atoms with Crippen LogP contribution < -0.4 is 10.1 Å². The van der Waals surface area contributed by atoms with E-state index in [1.807, 2.05) is 6.92 Å². The molecule has 4 heteroatoms. The van der Waals surface area contributed by atoms with E-state index in [4.69, 9.17) is 4.74 Å². The first-order valence-electron chi connectivity index (χ1n) is 7.34. The Morgan fingerprint density at radius 2 is 1.95 bits per heavy atom. The Morgan fingerprint density at radius 1 is 1.30 bits per heavy atom. The second kappa shape index (κ2) is 6.80. The molecule has 20 heavy (non-hydrogen) atoms. The Labute approximate surface area is 138 Å². The van der Waals surface area contributed by atoms with Gasteiger partial charge in [0.25, 0.3) is 0 Å². The first-order valence-corrected chi connectivity index (χ1v) is 8.93. The fourth-order valence-electron chi connectivity index (χ4n) is 3.04. The molecule has 1 aromatic rings. The SMILES string of the molecule is CCOc1c(Br)cc(CC2(C(C)C)CCCN2)cc1Br. The summed E-state index contributed by atoms with van der Waals surface area (Å²) in [5.74, 6) is 1.53. The Morgan fingerprint density at radius 3 is 2.40 bits per heavy atom. The zero-order valence-corrected chi connectivity index (χ0v) is 15.6. The molecule has 0 aromatic heterocycles. The van der Waals surface area contributed by atoms with Gasteiger partial charge in [-0.3, -0.25) is 0 Å². The summed E-state index contributed by atoms with van der Waals surface area (Å²) in [7, 11) is 0. The number of hydrogen-bond acceptors (Lipinski definition) is 2. The molecule has 1 fully saturated rings. The molecule has 0 saturated carbocycles. The molecule has 1 unspecified atom stereocenters. The van der Waals surface area contributed by atoms with Crippen molar-refractivity contribution in [3.63, 3.8) is 0 Å². The highest BCUT2D eigenvalue weighted by atomic mass is 79.9. The molecule has 0 amide bonds. The van der Waals surface area contributed by atoms with E-state index >= 15 is 0 Å². The van der Waals surface area contributed by atoms with E-state index in [9.17, 15) is 0 Å². The van der Waals surface area contributed by atoms with Gasteiger partial charge >= 0.3 is 0 Å². The van der Waals surface area contributed by atoms with E-state index in [1.165, 1.54) is 18.4 Å². The topological polar surface area (TPSA) is 21.3 Å². The number of rotatable bonds is 5. The summed E-state index contributed by atoms with van der Waals surface area (Å²) in [6, 6.07) is 4.39. The smallest absolute Gasteiger partial charge is 0.147 e.